The van der Waals surface area contributed by atoms with Gasteiger partial charge in [-0.15, -0.1) is 12.3 Å². The molecule has 0 aliphatic carbocycles. The number of terminal acetylenes is 1. The molecule has 0 spiro atoms. The Morgan fingerprint density at radius 3 is 2.81 bits per heavy atom. The number of hydrogen-bond acceptors (Lipinski definition) is 3. The van der Waals surface area contributed by atoms with Gasteiger partial charge in [-0.3, -0.25) is 0 Å². The van der Waals surface area contributed by atoms with Gasteiger partial charge in [0.05, 0.1) is 6.61 Å². The number of carbonyl (C=O) groups excluding carboxylic acids is 1. The van der Waals surface area contributed by atoms with Crippen LogP contribution < -0.4 is 10.6 Å². The Morgan fingerprint density at radius 2 is 2.31 bits per heavy atom. The number of carboxylic acid groups (broad SMARTS) is 1. The summed E-state index contributed by atoms with van der Waals surface area (Å²) in [5.41, 5.74) is -1.31. The van der Waals surface area contributed by atoms with E-state index in [9.17, 15) is 9.59 Å². The lowest BCUT2D eigenvalue weighted by Gasteiger charge is -2.23. The third-order valence-electron chi connectivity index (χ3n) is 2.34. The first-order valence-corrected chi connectivity index (χ1v) is 4.91. The zero-order chi connectivity index (χ0) is 12.0. The lowest BCUT2D eigenvalue weighted by atomic mass is 9.99. The van der Waals surface area contributed by atoms with Gasteiger partial charge >= 0.3 is 12.0 Å². The molecule has 0 aromatic carbocycles. The smallest absolute Gasteiger partial charge is 0.332 e. The maximum Gasteiger partial charge on any atom is 0.332 e. The predicted molar refractivity (Wildman–Crippen MR) is 55.8 cm³/mol. The van der Waals surface area contributed by atoms with E-state index in [2.05, 4.69) is 16.6 Å². The van der Waals surface area contributed by atoms with Crippen LogP contribution in [0.2, 0.25) is 0 Å². The van der Waals surface area contributed by atoms with Crippen molar-refractivity contribution in [2.45, 2.75) is 18.4 Å². The van der Waals surface area contributed by atoms with Gasteiger partial charge in [0.1, 0.15) is 0 Å². The summed E-state index contributed by atoms with van der Waals surface area (Å²) in [5.74, 6) is 1.28. The zero-order valence-electron chi connectivity index (χ0n) is 8.78. The highest BCUT2D eigenvalue weighted by molar-refractivity contribution is 5.86. The molecule has 0 saturated carbocycles. The SMILES string of the molecule is C#CCCNC(=O)NC1(C(=O)O)CCOC1. The van der Waals surface area contributed by atoms with Crippen molar-refractivity contribution in [2.75, 3.05) is 19.8 Å². The Labute approximate surface area is 93.3 Å². The first-order chi connectivity index (χ1) is 7.60. The molecule has 1 unspecified atom stereocenters. The molecule has 1 fully saturated rings. The van der Waals surface area contributed by atoms with E-state index in [0.717, 1.165) is 0 Å². The lowest BCUT2D eigenvalue weighted by molar-refractivity contribution is -0.144. The molecule has 0 aromatic heterocycles. The summed E-state index contributed by atoms with van der Waals surface area (Å²) in [6.07, 6.45) is 5.69. The van der Waals surface area contributed by atoms with Crippen molar-refractivity contribution >= 4 is 12.0 Å². The van der Waals surface area contributed by atoms with E-state index in [-0.39, 0.29) is 13.0 Å². The van der Waals surface area contributed by atoms with Crippen molar-refractivity contribution in [2.24, 2.45) is 0 Å². The van der Waals surface area contributed by atoms with E-state index >= 15 is 0 Å². The van der Waals surface area contributed by atoms with E-state index in [4.69, 9.17) is 16.3 Å². The molecule has 88 valence electrons. The summed E-state index contributed by atoms with van der Waals surface area (Å²) in [5, 5.41) is 13.9. The molecule has 6 nitrogen and oxygen atoms in total. The van der Waals surface area contributed by atoms with Crippen LogP contribution in [0.3, 0.4) is 0 Å². The van der Waals surface area contributed by atoms with Gasteiger partial charge in [0, 0.05) is 26.0 Å². The van der Waals surface area contributed by atoms with Crippen LogP contribution in [0.4, 0.5) is 4.79 Å². The Balaban J connectivity index is 2.47. The minimum Gasteiger partial charge on any atom is -0.479 e. The van der Waals surface area contributed by atoms with Crippen molar-refractivity contribution in [3.63, 3.8) is 0 Å². The second-order valence-electron chi connectivity index (χ2n) is 3.52. The lowest BCUT2D eigenvalue weighted by Crippen LogP contribution is -2.57. The highest BCUT2D eigenvalue weighted by atomic mass is 16.5. The van der Waals surface area contributed by atoms with Crippen LogP contribution >= 0.6 is 0 Å². The first-order valence-electron chi connectivity index (χ1n) is 4.91. The third-order valence-corrected chi connectivity index (χ3v) is 2.34. The van der Waals surface area contributed by atoms with Crippen LogP contribution in [0.5, 0.6) is 0 Å². The third kappa shape index (κ3) is 2.87. The number of carboxylic acids is 1. The average molecular weight is 226 g/mol. The Hall–Kier alpha value is -1.74. The van der Waals surface area contributed by atoms with Gasteiger partial charge in [-0.05, 0) is 0 Å². The fourth-order valence-corrected chi connectivity index (χ4v) is 1.40. The maximum atomic E-state index is 11.4. The fourth-order valence-electron chi connectivity index (χ4n) is 1.40. The molecule has 1 atom stereocenters. The highest BCUT2D eigenvalue weighted by Crippen LogP contribution is 2.18. The molecular weight excluding hydrogens is 212 g/mol. The number of rotatable bonds is 4. The van der Waals surface area contributed by atoms with E-state index in [0.29, 0.717) is 19.6 Å². The van der Waals surface area contributed by atoms with Crippen molar-refractivity contribution in [1.29, 1.82) is 0 Å². The van der Waals surface area contributed by atoms with E-state index in [1.807, 2.05) is 0 Å². The van der Waals surface area contributed by atoms with Crippen molar-refractivity contribution < 1.29 is 19.4 Å². The minimum absolute atomic E-state index is 0.00904. The van der Waals surface area contributed by atoms with E-state index in [1.165, 1.54) is 0 Å². The van der Waals surface area contributed by atoms with Crippen LogP contribution in [0.25, 0.3) is 0 Å². The number of ether oxygens (including phenoxy) is 1. The highest BCUT2D eigenvalue weighted by Gasteiger charge is 2.43. The summed E-state index contributed by atoms with van der Waals surface area (Å²) in [6, 6.07) is -0.539. The Bertz CT molecular complexity index is 315. The molecule has 3 N–H and O–H groups in total. The number of carbonyl (C=O) groups is 2. The van der Waals surface area contributed by atoms with Crippen molar-refractivity contribution in [3.05, 3.63) is 0 Å². The summed E-state index contributed by atoms with van der Waals surface area (Å²) >= 11 is 0. The summed E-state index contributed by atoms with van der Waals surface area (Å²) in [4.78, 5) is 22.4. The van der Waals surface area contributed by atoms with Crippen LogP contribution in [-0.2, 0) is 9.53 Å². The summed E-state index contributed by atoms with van der Waals surface area (Å²) < 4.78 is 4.99. The monoisotopic (exact) mass is 226 g/mol. The quantitative estimate of drug-likeness (QED) is 0.447. The van der Waals surface area contributed by atoms with Gasteiger partial charge in [-0.1, -0.05) is 0 Å². The number of aliphatic carboxylic acids is 1. The minimum atomic E-state index is -1.31. The standard InChI is InChI=1S/C10H14N2O4/c1-2-3-5-11-9(15)12-10(8(13)14)4-6-16-7-10/h1H,3-7H2,(H,13,14)(H2,11,12,15). The summed E-state index contributed by atoms with van der Waals surface area (Å²) in [6.45, 7) is 0.640. The molecule has 6 heteroatoms. The normalized spacial score (nSPS) is 23.4. The van der Waals surface area contributed by atoms with Crippen LogP contribution in [0.1, 0.15) is 12.8 Å². The van der Waals surface area contributed by atoms with Gasteiger partial charge in [-0.2, -0.15) is 0 Å². The van der Waals surface area contributed by atoms with E-state index in [1.54, 1.807) is 0 Å². The molecule has 16 heavy (non-hydrogen) atoms. The van der Waals surface area contributed by atoms with Crippen LogP contribution in [0, 0.1) is 12.3 Å². The topological polar surface area (TPSA) is 87.7 Å². The number of nitrogens with one attached hydrogen (secondary N) is 2. The second-order valence-corrected chi connectivity index (χ2v) is 3.52. The van der Waals surface area contributed by atoms with Gasteiger partial charge in [0.15, 0.2) is 5.54 Å². The average Bonchev–Trinajstić information content (AvgIpc) is 2.68. The molecule has 1 rings (SSSR count). The van der Waals surface area contributed by atoms with Gasteiger partial charge in [-0.25, -0.2) is 9.59 Å². The molecule has 1 heterocycles. The molecule has 0 aromatic rings. The summed E-state index contributed by atoms with van der Waals surface area (Å²) in [7, 11) is 0. The van der Waals surface area contributed by atoms with Crippen LogP contribution in [0.15, 0.2) is 0 Å². The molecule has 1 aliphatic rings. The largest absolute Gasteiger partial charge is 0.479 e. The molecule has 1 saturated heterocycles. The number of hydrogen-bond donors (Lipinski definition) is 3. The molecular formula is C10H14N2O4. The second kappa shape index (κ2) is 5.37. The Morgan fingerprint density at radius 1 is 1.56 bits per heavy atom. The Kier molecular flexibility index (Phi) is 4.14. The van der Waals surface area contributed by atoms with Crippen LogP contribution in [-0.4, -0.2) is 42.4 Å². The van der Waals surface area contributed by atoms with Crippen molar-refractivity contribution in [3.8, 4) is 12.3 Å². The number of amides is 2. The predicted octanol–water partition coefficient (Wildman–Crippen LogP) is -0.447. The maximum absolute atomic E-state index is 11.4. The van der Waals surface area contributed by atoms with Crippen molar-refractivity contribution in [1.82, 2.24) is 10.6 Å². The van der Waals surface area contributed by atoms with Gasteiger partial charge < -0.3 is 20.5 Å². The molecule has 0 bridgehead atoms. The van der Waals surface area contributed by atoms with E-state index < -0.39 is 17.5 Å². The molecule has 0 radical (unpaired) electrons. The first kappa shape index (κ1) is 12.3. The molecule has 2 amide bonds. The fraction of sp³-hybridized carbons (Fsp3) is 0.600. The zero-order valence-corrected chi connectivity index (χ0v) is 8.78. The van der Waals surface area contributed by atoms with Gasteiger partial charge in [0.2, 0.25) is 0 Å². The number of urea groups is 1. The molecule has 1 aliphatic heterocycles. The van der Waals surface area contributed by atoms with Gasteiger partial charge in [0.25, 0.3) is 0 Å².